The van der Waals surface area contributed by atoms with Crippen LogP contribution in [0, 0.1) is 29.1 Å². The fraction of sp³-hybridized carbons (Fsp3) is 0.346. The molecule has 2 aromatic rings. The molecular weight excluding hydrogens is 494 g/mol. The third kappa shape index (κ3) is 7.54. The molecule has 37 heavy (non-hydrogen) atoms. The van der Waals surface area contributed by atoms with Crippen molar-refractivity contribution in [2.75, 3.05) is 37.6 Å². The third-order valence-corrected chi connectivity index (χ3v) is 7.42. The number of carboxylic acid groups (broad SMARTS) is 1. The van der Waals surface area contributed by atoms with Crippen LogP contribution < -0.4 is 14.9 Å². The molecular formula is C26H29N5O5S. The Hall–Kier alpha value is -3.90. The van der Waals surface area contributed by atoms with E-state index in [2.05, 4.69) is 26.8 Å². The maximum Gasteiger partial charge on any atom is 0.322 e. The third-order valence-electron chi connectivity index (χ3n) is 5.82. The quantitative estimate of drug-likeness (QED) is 0.351. The summed E-state index contributed by atoms with van der Waals surface area (Å²) in [4.78, 5) is 25.5. The average Bonchev–Trinajstić information content (AvgIpc) is 2.89. The van der Waals surface area contributed by atoms with Crippen LogP contribution >= 0.6 is 0 Å². The predicted molar refractivity (Wildman–Crippen MR) is 139 cm³/mol. The number of carboxylic acids is 1. The number of nitriles is 1. The lowest BCUT2D eigenvalue weighted by molar-refractivity contribution is -0.140. The molecule has 0 unspecified atom stereocenters. The predicted octanol–water partition coefficient (Wildman–Crippen LogP) is 1.41. The van der Waals surface area contributed by atoms with E-state index >= 15 is 0 Å². The summed E-state index contributed by atoms with van der Waals surface area (Å²) in [7, 11) is -3.91. The second-order valence-corrected chi connectivity index (χ2v) is 10.5. The van der Waals surface area contributed by atoms with Crippen molar-refractivity contribution in [2.45, 2.75) is 19.9 Å². The highest BCUT2D eigenvalue weighted by Gasteiger charge is 2.32. The van der Waals surface area contributed by atoms with Crippen LogP contribution in [0.5, 0.6) is 0 Å². The van der Waals surface area contributed by atoms with E-state index in [1.807, 2.05) is 30.3 Å². The summed E-state index contributed by atoms with van der Waals surface area (Å²) in [6, 6.07) is 15.1. The van der Waals surface area contributed by atoms with Gasteiger partial charge in [-0.15, -0.1) is 0 Å². The number of aliphatic carboxylic acids is 1. The molecule has 0 bridgehead atoms. The number of carbonyl (C=O) groups excluding carboxylic acids is 1. The lowest BCUT2D eigenvalue weighted by Crippen LogP contribution is -2.55. The Labute approximate surface area is 217 Å². The van der Waals surface area contributed by atoms with Crippen molar-refractivity contribution in [2.24, 2.45) is 5.92 Å². The van der Waals surface area contributed by atoms with E-state index in [4.69, 9.17) is 5.26 Å². The second kappa shape index (κ2) is 12.4. The summed E-state index contributed by atoms with van der Waals surface area (Å²) in [6.45, 7) is 4.65. The molecule has 1 atom stereocenters. The van der Waals surface area contributed by atoms with E-state index in [1.165, 1.54) is 4.31 Å². The number of piperazine rings is 1. The minimum atomic E-state index is -3.91. The number of anilines is 1. The van der Waals surface area contributed by atoms with Crippen LogP contribution in [0.3, 0.4) is 0 Å². The Morgan fingerprint density at radius 1 is 1.03 bits per heavy atom. The van der Waals surface area contributed by atoms with Crippen LogP contribution in [-0.2, 0) is 15.0 Å². The van der Waals surface area contributed by atoms with Gasteiger partial charge in [0.25, 0.3) is 16.1 Å². The fourth-order valence-electron chi connectivity index (χ4n) is 3.75. The largest absolute Gasteiger partial charge is 0.480 e. The summed E-state index contributed by atoms with van der Waals surface area (Å²) in [5.74, 6) is 4.19. The minimum absolute atomic E-state index is 0.0633. The van der Waals surface area contributed by atoms with Crippen molar-refractivity contribution in [3.05, 3.63) is 65.2 Å². The zero-order valence-electron chi connectivity index (χ0n) is 20.6. The van der Waals surface area contributed by atoms with Gasteiger partial charge in [0.15, 0.2) is 0 Å². The van der Waals surface area contributed by atoms with Gasteiger partial charge < -0.3 is 15.3 Å². The molecule has 11 heteroatoms. The molecule has 10 nitrogen and oxygen atoms in total. The highest BCUT2D eigenvalue weighted by Crippen LogP contribution is 2.19. The smallest absolute Gasteiger partial charge is 0.322 e. The fourth-order valence-corrected chi connectivity index (χ4v) is 5.24. The number of hydrogen-bond acceptors (Lipinski definition) is 6. The molecule has 1 aliphatic heterocycles. The first-order valence-electron chi connectivity index (χ1n) is 11.7. The first-order valence-corrected chi connectivity index (χ1v) is 13.2. The van der Waals surface area contributed by atoms with Crippen LogP contribution in [0.2, 0.25) is 0 Å². The zero-order valence-corrected chi connectivity index (χ0v) is 21.5. The van der Waals surface area contributed by atoms with Gasteiger partial charge in [-0.05, 0) is 48.4 Å². The van der Waals surface area contributed by atoms with Crippen molar-refractivity contribution in [1.82, 2.24) is 14.3 Å². The topological polar surface area (TPSA) is 143 Å². The minimum Gasteiger partial charge on any atom is -0.480 e. The van der Waals surface area contributed by atoms with Crippen molar-refractivity contribution >= 4 is 27.8 Å². The first-order chi connectivity index (χ1) is 17.6. The number of hydrogen-bond donors (Lipinski definition) is 3. The Kier molecular flexibility index (Phi) is 9.25. The number of carbonyl (C=O) groups is 2. The van der Waals surface area contributed by atoms with Gasteiger partial charge in [-0.3, -0.25) is 9.59 Å². The van der Waals surface area contributed by atoms with Gasteiger partial charge in [-0.25, -0.2) is 0 Å². The monoisotopic (exact) mass is 523 g/mol. The molecule has 2 aromatic carbocycles. The summed E-state index contributed by atoms with van der Waals surface area (Å²) in [5.41, 5.74) is 2.80. The van der Waals surface area contributed by atoms with Gasteiger partial charge in [-0.2, -0.15) is 22.7 Å². The maximum atomic E-state index is 12.7. The van der Waals surface area contributed by atoms with Gasteiger partial charge >= 0.3 is 5.97 Å². The average molecular weight is 524 g/mol. The standard InChI is InChI=1S/C26H29N5O5S/c1-19(2)24(26(33)34)29-37(35,36)31-16-14-30(15-17-31)23-10-8-20(9-11-23)6-7-21-4-3-5-22(18-21)25(32)28-13-12-27/h3-5,8-11,18-19,24,29H,13-17H2,1-2H3,(H,28,32)(H,33,34)/t24-/m1/s1. The molecule has 0 spiro atoms. The SMILES string of the molecule is CC(C)[C@@H](NS(=O)(=O)N1CCN(c2ccc(C#Cc3cccc(C(=O)NCC#N)c3)cc2)CC1)C(=O)O. The van der Waals surface area contributed by atoms with Crippen molar-refractivity contribution in [1.29, 1.82) is 5.26 Å². The Morgan fingerprint density at radius 2 is 1.68 bits per heavy atom. The van der Waals surface area contributed by atoms with E-state index in [0.29, 0.717) is 24.2 Å². The maximum absolute atomic E-state index is 12.7. The molecule has 3 rings (SSSR count). The molecule has 1 fully saturated rings. The summed E-state index contributed by atoms with van der Waals surface area (Å²) >= 11 is 0. The molecule has 1 saturated heterocycles. The number of nitrogens with zero attached hydrogens (tertiary/aromatic N) is 3. The molecule has 0 aromatic heterocycles. The van der Waals surface area contributed by atoms with Crippen molar-refractivity contribution in [3.63, 3.8) is 0 Å². The molecule has 3 N–H and O–H groups in total. The summed E-state index contributed by atoms with van der Waals surface area (Å²) < 4.78 is 28.9. The van der Waals surface area contributed by atoms with Gasteiger partial charge in [0.1, 0.15) is 12.6 Å². The molecule has 1 heterocycles. The molecule has 0 radical (unpaired) electrons. The van der Waals surface area contributed by atoms with Crippen LogP contribution in [0.4, 0.5) is 5.69 Å². The van der Waals surface area contributed by atoms with Gasteiger partial charge in [0.05, 0.1) is 6.07 Å². The molecule has 0 saturated carbocycles. The second-order valence-electron chi connectivity index (χ2n) is 8.79. The molecule has 0 aliphatic carbocycles. The van der Waals surface area contributed by atoms with Gasteiger partial charge in [0, 0.05) is 48.6 Å². The van der Waals surface area contributed by atoms with E-state index in [-0.39, 0.29) is 31.5 Å². The lowest BCUT2D eigenvalue weighted by atomic mass is 10.1. The number of benzene rings is 2. The number of amides is 1. The van der Waals surface area contributed by atoms with E-state index < -0.39 is 22.2 Å². The summed E-state index contributed by atoms with van der Waals surface area (Å²) in [6.07, 6.45) is 0. The van der Waals surface area contributed by atoms with Crippen LogP contribution in [-0.4, -0.2) is 68.5 Å². The molecule has 1 aliphatic rings. The lowest BCUT2D eigenvalue weighted by Gasteiger charge is -2.36. The van der Waals surface area contributed by atoms with Crippen LogP contribution in [0.25, 0.3) is 0 Å². The van der Waals surface area contributed by atoms with Crippen molar-refractivity contribution in [3.8, 4) is 17.9 Å². The molecule has 194 valence electrons. The summed E-state index contributed by atoms with van der Waals surface area (Å²) in [5, 5.41) is 20.4. The molecule has 1 amide bonds. The number of rotatable bonds is 8. The Balaban J connectivity index is 1.60. The Morgan fingerprint density at radius 3 is 2.27 bits per heavy atom. The van der Waals surface area contributed by atoms with Gasteiger partial charge in [0.2, 0.25) is 0 Å². The van der Waals surface area contributed by atoms with Crippen LogP contribution in [0.1, 0.15) is 35.3 Å². The normalized spacial score (nSPS) is 14.8. The Bertz CT molecular complexity index is 1330. The van der Waals surface area contributed by atoms with E-state index in [9.17, 15) is 23.1 Å². The number of nitrogens with one attached hydrogen (secondary N) is 2. The highest BCUT2D eigenvalue weighted by molar-refractivity contribution is 7.87. The van der Waals surface area contributed by atoms with E-state index in [0.717, 1.165) is 11.3 Å². The first kappa shape index (κ1) is 27.7. The van der Waals surface area contributed by atoms with Gasteiger partial charge in [-0.1, -0.05) is 31.8 Å². The van der Waals surface area contributed by atoms with E-state index in [1.54, 1.807) is 38.1 Å². The zero-order chi connectivity index (χ0) is 27.0. The highest BCUT2D eigenvalue weighted by atomic mass is 32.2. The van der Waals surface area contributed by atoms with Crippen molar-refractivity contribution < 1.29 is 23.1 Å². The van der Waals surface area contributed by atoms with Crippen LogP contribution in [0.15, 0.2) is 48.5 Å².